The number of nitro groups is 1. The molecule has 0 saturated carbocycles. The highest BCUT2D eigenvalue weighted by molar-refractivity contribution is 7.91. The normalized spacial score (nSPS) is 17.5. The van der Waals surface area contributed by atoms with E-state index in [2.05, 4.69) is 35.8 Å². The van der Waals surface area contributed by atoms with E-state index in [9.17, 15) is 31.7 Å². The molecule has 4 aliphatic rings. The van der Waals surface area contributed by atoms with Gasteiger partial charge in [0.25, 0.3) is 0 Å². The number of anilines is 5. The first-order valence-electron chi connectivity index (χ1n) is 19.6. The summed E-state index contributed by atoms with van der Waals surface area (Å²) in [4.78, 5) is 46.5. The number of aromatic amines is 1. The molecule has 0 amide bonds. The van der Waals surface area contributed by atoms with Crippen LogP contribution in [0.25, 0.3) is 0 Å². The molecule has 2 aromatic carbocycles. The minimum absolute atomic E-state index is 0.0121. The van der Waals surface area contributed by atoms with Crippen LogP contribution in [0.2, 0.25) is 10.0 Å². The minimum Gasteiger partial charge on any atom is -0.355 e. The number of aryl methyl sites for hydroxylation is 1. The molecular weight excluding hydrogens is 894 g/mol. The van der Waals surface area contributed by atoms with E-state index in [4.69, 9.17) is 28.2 Å². The van der Waals surface area contributed by atoms with E-state index in [1.165, 1.54) is 13.1 Å². The smallest absolute Gasteiger partial charge is 0.333 e. The van der Waals surface area contributed by atoms with Crippen molar-refractivity contribution < 1.29 is 26.6 Å². The van der Waals surface area contributed by atoms with E-state index in [-0.39, 0.29) is 75.1 Å². The van der Waals surface area contributed by atoms with Crippen molar-refractivity contribution in [3.05, 3.63) is 132 Å². The number of rotatable bonds is 8. The molecule has 2 fully saturated rings. The molecule has 326 valence electrons. The van der Waals surface area contributed by atoms with Crippen LogP contribution in [-0.4, -0.2) is 115 Å². The molecule has 63 heavy (non-hydrogen) atoms. The summed E-state index contributed by atoms with van der Waals surface area (Å²) in [6.07, 6.45) is 3.12. The molecule has 18 nitrogen and oxygen atoms in total. The average Bonchev–Trinajstić information content (AvgIpc) is 3.74. The van der Waals surface area contributed by atoms with Crippen molar-refractivity contribution in [2.24, 2.45) is 9.98 Å². The number of benzene rings is 2. The zero-order chi connectivity index (χ0) is 44.6. The standard InChI is InChI=1S/C21H20ClN5O2S.C20H19ClN6O5S/c1-13-11-24-21-19(13)26-20(14-4-2-3-5-16(14)22)15-12-23-18(10-17(15)25-21)27-6-8-30(28,29)9-7-27;1-12-18(27(29)30)20(25-24-12)23-16-10-17(26-6-8-33(31,32)9-7-26)22-11-14(16)19(28)13-4-2-3-5-15(13)21/h2-5,10,12H,6-9,11H2,1H3,(H,24,25);2-5,10-11H,6-9H2,1H3,(H2,22,23,24,25). The minimum atomic E-state index is -3.10. The number of hydrogen-bond acceptors (Lipinski definition) is 16. The van der Waals surface area contributed by atoms with Gasteiger partial charge in [0.15, 0.2) is 31.3 Å². The average molecular weight is 933 g/mol. The van der Waals surface area contributed by atoms with Gasteiger partial charge in [0.2, 0.25) is 5.82 Å². The number of H-pyrrole nitrogens is 1. The van der Waals surface area contributed by atoms with Gasteiger partial charge >= 0.3 is 5.69 Å². The third-order valence-corrected chi connectivity index (χ3v) is 14.7. The number of fused-ring (bicyclic) bond motifs is 2. The second-order valence-electron chi connectivity index (χ2n) is 15.0. The van der Waals surface area contributed by atoms with Gasteiger partial charge in [-0.3, -0.25) is 25.0 Å². The zero-order valence-corrected chi connectivity index (χ0v) is 36.9. The summed E-state index contributed by atoms with van der Waals surface area (Å²) < 4.78 is 47.1. The molecule has 3 aromatic heterocycles. The molecule has 7 heterocycles. The maximum atomic E-state index is 13.3. The Morgan fingerprint density at radius 3 is 2.05 bits per heavy atom. The summed E-state index contributed by atoms with van der Waals surface area (Å²) in [6, 6.07) is 17.6. The van der Waals surface area contributed by atoms with Crippen molar-refractivity contribution >= 4 is 94.7 Å². The van der Waals surface area contributed by atoms with Crippen LogP contribution in [-0.2, 0) is 19.7 Å². The van der Waals surface area contributed by atoms with Crippen LogP contribution in [0.15, 0.2) is 94.3 Å². The Morgan fingerprint density at radius 2 is 1.41 bits per heavy atom. The Bertz CT molecular complexity index is 2980. The van der Waals surface area contributed by atoms with E-state index in [1.54, 1.807) is 41.4 Å². The van der Waals surface area contributed by atoms with Crippen molar-refractivity contribution in [1.29, 1.82) is 0 Å². The van der Waals surface area contributed by atoms with Gasteiger partial charge in [0.05, 0.1) is 62.2 Å². The van der Waals surface area contributed by atoms with Gasteiger partial charge in [-0.25, -0.2) is 31.8 Å². The highest BCUT2D eigenvalue weighted by atomic mass is 35.5. The number of nitrogens with zero attached hydrogens (tertiary/aromatic N) is 8. The summed E-state index contributed by atoms with van der Waals surface area (Å²) >= 11 is 12.7. The van der Waals surface area contributed by atoms with E-state index in [0.717, 1.165) is 45.4 Å². The Hall–Kier alpha value is -6.22. The molecule has 0 aliphatic carbocycles. The molecule has 3 N–H and O–H groups in total. The Labute approximate surface area is 372 Å². The lowest BCUT2D eigenvalue weighted by molar-refractivity contribution is -0.384. The van der Waals surface area contributed by atoms with E-state index in [0.29, 0.717) is 30.5 Å². The van der Waals surface area contributed by atoms with Crippen LogP contribution in [0.5, 0.6) is 0 Å². The number of nitrogens with one attached hydrogen (secondary N) is 3. The van der Waals surface area contributed by atoms with Crippen LogP contribution in [0, 0.1) is 17.0 Å². The Balaban J connectivity index is 0.000000173. The number of halogens is 2. The largest absolute Gasteiger partial charge is 0.355 e. The summed E-state index contributed by atoms with van der Waals surface area (Å²) in [7, 11) is -6.06. The number of ketones is 1. The maximum Gasteiger partial charge on any atom is 0.333 e. The molecule has 22 heteroatoms. The lowest BCUT2D eigenvalue weighted by atomic mass is 10.0. The van der Waals surface area contributed by atoms with Crippen LogP contribution in [0.4, 0.5) is 34.5 Å². The third-order valence-electron chi connectivity index (χ3n) is 10.8. The zero-order valence-electron chi connectivity index (χ0n) is 33.8. The number of carbonyl (C=O) groups is 1. The monoisotopic (exact) mass is 931 g/mol. The molecule has 5 aromatic rings. The van der Waals surface area contributed by atoms with Crippen LogP contribution in [0.3, 0.4) is 0 Å². The first kappa shape index (κ1) is 43.4. The van der Waals surface area contributed by atoms with Crippen LogP contribution in [0.1, 0.15) is 39.7 Å². The van der Waals surface area contributed by atoms with E-state index >= 15 is 0 Å². The number of sulfone groups is 2. The molecule has 0 unspecified atom stereocenters. The summed E-state index contributed by atoms with van der Waals surface area (Å²) in [5, 5.41) is 25.2. The van der Waals surface area contributed by atoms with Crippen molar-refractivity contribution in [2.45, 2.75) is 13.8 Å². The Morgan fingerprint density at radius 1 is 0.810 bits per heavy atom. The molecular formula is C41H39Cl2N11O7S2. The molecule has 0 spiro atoms. The number of aromatic nitrogens is 4. The lowest BCUT2D eigenvalue weighted by Crippen LogP contribution is -2.40. The van der Waals surface area contributed by atoms with Crippen LogP contribution >= 0.6 is 23.2 Å². The predicted molar refractivity (Wildman–Crippen MR) is 244 cm³/mol. The number of carbonyl (C=O) groups excluding carboxylic acids is 1. The maximum absolute atomic E-state index is 13.3. The molecule has 0 bridgehead atoms. The first-order valence-corrected chi connectivity index (χ1v) is 24.0. The summed E-state index contributed by atoms with van der Waals surface area (Å²) in [6.45, 7) is 5.50. The molecule has 4 aliphatic heterocycles. The third kappa shape index (κ3) is 9.29. The highest BCUT2D eigenvalue weighted by Gasteiger charge is 2.30. The van der Waals surface area contributed by atoms with Gasteiger partial charge in [0.1, 0.15) is 23.0 Å². The molecule has 0 atom stereocenters. The number of pyridine rings is 2. The van der Waals surface area contributed by atoms with Gasteiger partial charge in [-0.2, -0.15) is 0 Å². The molecule has 0 radical (unpaired) electrons. The predicted octanol–water partition coefficient (Wildman–Crippen LogP) is 5.80. The molecule has 9 rings (SSSR count). The number of amidine groups is 1. The van der Waals surface area contributed by atoms with Crippen molar-refractivity contribution in [3.63, 3.8) is 0 Å². The second-order valence-corrected chi connectivity index (χ2v) is 20.5. The van der Waals surface area contributed by atoms with E-state index in [1.807, 2.05) is 42.2 Å². The fraction of sp³-hybridized carbons (Fsp3) is 0.268. The Kier molecular flexibility index (Phi) is 12.1. The molecule has 2 saturated heterocycles. The number of aliphatic imine (C=N–C) groups is 2. The quantitative estimate of drug-likeness (QED) is 0.0947. The fourth-order valence-corrected chi connectivity index (χ4v) is 10.1. The number of hydrogen-bond donors (Lipinski definition) is 3. The SMILES string of the molecule is CC1=C2N=C(c3ccccc3Cl)c3cnc(N4CCS(=O)(=O)CC4)cc3NC2=NC1.Cc1[nH]nc(Nc2cc(N3CCS(=O)(=O)CC3)ncc2C(=O)c2ccccc2Cl)c1[N+](=O)[O-]. The first-order chi connectivity index (χ1) is 30.1. The van der Waals surface area contributed by atoms with Crippen molar-refractivity contribution in [1.82, 2.24) is 20.2 Å². The van der Waals surface area contributed by atoms with Gasteiger partial charge in [0, 0.05) is 72.4 Å². The van der Waals surface area contributed by atoms with Crippen molar-refractivity contribution in [3.8, 4) is 0 Å². The summed E-state index contributed by atoms with van der Waals surface area (Å²) in [5.74, 6) is 1.66. The second kappa shape index (κ2) is 17.5. The van der Waals surface area contributed by atoms with Gasteiger partial charge in [-0.05, 0) is 37.6 Å². The van der Waals surface area contributed by atoms with E-state index < -0.39 is 30.4 Å². The van der Waals surface area contributed by atoms with Crippen molar-refractivity contribution in [2.75, 3.05) is 76.2 Å². The van der Waals surface area contributed by atoms with Gasteiger partial charge in [-0.15, -0.1) is 5.10 Å². The topological polar surface area (TPSA) is 238 Å². The van der Waals surface area contributed by atoms with Gasteiger partial charge < -0.3 is 20.4 Å². The fourth-order valence-electron chi connectivity index (χ4n) is 7.30. The van der Waals surface area contributed by atoms with Crippen LogP contribution < -0.4 is 20.4 Å². The lowest BCUT2D eigenvalue weighted by Gasteiger charge is -2.28. The highest BCUT2D eigenvalue weighted by Crippen LogP contribution is 2.35. The van der Waals surface area contributed by atoms with Gasteiger partial charge in [-0.1, -0.05) is 53.5 Å². The summed E-state index contributed by atoms with van der Waals surface area (Å²) in [5.41, 5.74) is 5.73.